The third-order valence-corrected chi connectivity index (χ3v) is 3.29. The summed E-state index contributed by atoms with van der Waals surface area (Å²) >= 11 is 0. The molecule has 0 aliphatic heterocycles. The van der Waals surface area contributed by atoms with E-state index in [1.165, 1.54) is 12.3 Å². The van der Waals surface area contributed by atoms with E-state index in [-0.39, 0.29) is 0 Å². The van der Waals surface area contributed by atoms with E-state index in [0.717, 1.165) is 12.1 Å². The number of aliphatic carboxylic acids is 2. The fraction of sp³-hybridized carbons (Fsp3) is 0.0556. The Balaban J connectivity index is 0.000000300. The molecule has 3 rings (SSSR count). The quantitative estimate of drug-likeness (QED) is 0.585. The van der Waals surface area contributed by atoms with Crippen LogP contribution in [0.25, 0.3) is 10.9 Å². The summed E-state index contributed by atoms with van der Waals surface area (Å²) in [7, 11) is 0. The summed E-state index contributed by atoms with van der Waals surface area (Å²) in [5.41, 5.74) is 3.38. The minimum Gasteiger partial charge on any atom is -0.478 e. The van der Waals surface area contributed by atoms with Crippen molar-refractivity contribution < 1.29 is 33.0 Å². The molecule has 0 aliphatic carbocycles. The second-order valence-electron chi connectivity index (χ2n) is 5.30. The van der Waals surface area contributed by atoms with Crippen LogP contribution >= 0.6 is 0 Å². The van der Waals surface area contributed by atoms with Gasteiger partial charge in [-0.05, 0) is 30.3 Å². The fourth-order valence-corrected chi connectivity index (χ4v) is 2.11. The number of pyridine rings is 1. The molecule has 1 aromatic carbocycles. The highest BCUT2D eigenvalue weighted by molar-refractivity contribution is 5.91. The Labute approximate surface area is 156 Å². The Morgan fingerprint density at radius 3 is 2.18 bits per heavy atom. The SMILES string of the molecule is FC(F)(F)c1ccc2c(Nn3cccc3)ccnc2c1.O=C(O)C=CC(=O)O. The summed E-state index contributed by atoms with van der Waals surface area (Å²) in [5.74, 6) is -2.51. The highest BCUT2D eigenvalue weighted by Crippen LogP contribution is 2.32. The van der Waals surface area contributed by atoms with Crippen molar-refractivity contribution in [2.75, 3.05) is 5.43 Å². The number of carboxylic acids is 2. The largest absolute Gasteiger partial charge is 0.478 e. The molecule has 0 spiro atoms. The van der Waals surface area contributed by atoms with Gasteiger partial charge in [-0.1, -0.05) is 6.07 Å². The number of hydrogen-bond donors (Lipinski definition) is 3. The maximum Gasteiger partial charge on any atom is 0.416 e. The molecule has 0 saturated heterocycles. The minimum absolute atomic E-state index is 0.303. The van der Waals surface area contributed by atoms with Gasteiger partial charge in [-0.3, -0.25) is 15.1 Å². The summed E-state index contributed by atoms with van der Waals surface area (Å²) in [6, 6.07) is 8.95. The first-order chi connectivity index (χ1) is 13.2. The first-order valence-electron chi connectivity index (χ1n) is 7.66. The molecule has 146 valence electrons. The van der Waals surface area contributed by atoms with Crippen molar-refractivity contribution in [3.05, 3.63) is 72.7 Å². The van der Waals surface area contributed by atoms with E-state index in [0.29, 0.717) is 28.7 Å². The molecule has 0 radical (unpaired) electrons. The monoisotopic (exact) mass is 393 g/mol. The number of benzene rings is 1. The van der Waals surface area contributed by atoms with Gasteiger partial charge in [0.25, 0.3) is 0 Å². The van der Waals surface area contributed by atoms with Crippen molar-refractivity contribution in [2.24, 2.45) is 0 Å². The molecule has 7 nitrogen and oxygen atoms in total. The lowest BCUT2D eigenvalue weighted by atomic mass is 10.1. The fourth-order valence-electron chi connectivity index (χ4n) is 2.11. The third-order valence-electron chi connectivity index (χ3n) is 3.29. The molecule has 0 unspecified atom stereocenters. The molecule has 2 heterocycles. The van der Waals surface area contributed by atoms with Crippen LogP contribution in [0.4, 0.5) is 18.9 Å². The van der Waals surface area contributed by atoms with Gasteiger partial charge in [0.05, 0.1) is 16.8 Å². The zero-order valence-electron chi connectivity index (χ0n) is 14.1. The van der Waals surface area contributed by atoms with E-state index in [1.54, 1.807) is 23.1 Å². The third kappa shape index (κ3) is 5.87. The molecule has 3 N–H and O–H groups in total. The number of rotatable bonds is 4. The van der Waals surface area contributed by atoms with E-state index in [4.69, 9.17) is 10.2 Å². The average molecular weight is 393 g/mol. The number of alkyl halides is 3. The Morgan fingerprint density at radius 2 is 1.64 bits per heavy atom. The van der Waals surface area contributed by atoms with Gasteiger partial charge in [-0.2, -0.15) is 13.2 Å². The van der Waals surface area contributed by atoms with Gasteiger partial charge >= 0.3 is 18.1 Å². The molecule has 0 fully saturated rings. The van der Waals surface area contributed by atoms with Crippen LogP contribution in [0.3, 0.4) is 0 Å². The number of fused-ring (bicyclic) bond motifs is 1. The lowest BCUT2D eigenvalue weighted by molar-refractivity contribution is -0.137. The van der Waals surface area contributed by atoms with Crippen LogP contribution in [0.5, 0.6) is 0 Å². The lowest BCUT2D eigenvalue weighted by Crippen LogP contribution is -2.07. The molecule has 0 amide bonds. The maximum absolute atomic E-state index is 12.7. The molecular formula is C18H14F3N3O4. The molecule has 0 aliphatic rings. The van der Waals surface area contributed by atoms with Gasteiger partial charge in [-0.25, -0.2) is 9.59 Å². The highest BCUT2D eigenvalue weighted by Gasteiger charge is 2.30. The molecule has 2 aromatic heterocycles. The number of carbonyl (C=O) groups is 2. The molecule has 28 heavy (non-hydrogen) atoms. The van der Waals surface area contributed by atoms with Gasteiger partial charge < -0.3 is 10.2 Å². The maximum atomic E-state index is 12.7. The number of hydrogen-bond acceptors (Lipinski definition) is 4. The first-order valence-corrected chi connectivity index (χ1v) is 7.66. The van der Waals surface area contributed by atoms with E-state index in [2.05, 4.69) is 10.4 Å². The summed E-state index contributed by atoms with van der Waals surface area (Å²) in [6.45, 7) is 0. The van der Waals surface area contributed by atoms with Crippen LogP contribution in [0.2, 0.25) is 0 Å². The average Bonchev–Trinajstić information content (AvgIpc) is 3.13. The topological polar surface area (TPSA) is 104 Å². The zero-order chi connectivity index (χ0) is 20.7. The number of carboxylic acid groups (broad SMARTS) is 2. The molecule has 10 heteroatoms. The second-order valence-corrected chi connectivity index (χ2v) is 5.30. The van der Waals surface area contributed by atoms with Crippen LogP contribution in [0.1, 0.15) is 5.56 Å². The van der Waals surface area contributed by atoms with Crippen molar-refractivity contribution >= 4 is 28.5 Å². The van der Waals surface area contributed by atoms with Crippen molar-refractivity contribution in [1.82, 2.24) is 9.66 Å². The van der Waals surface area contributed by atoms with Crippen LogP contribution in [-0.2, 0) is 15.8 Å². The highest BCUT2D eigenvalue weighted by atomic mass is 19.4. The van der Waals surface area contributed by atoms with Gasteiger partial charge in [-0.15, -0.1) is 0 Å². The van der Waals surface area contributed by atoms with Gasteiger partial charge in [0, 0.05) is 36.1 Å². The first kappa shape index (κ1) is 20.5. The smallest absolute Gasteiger partial charge is 0.416 e. The number of nitrogens with one attached hydrogen (secondary N) is 1. The number of halogens is 3. The lowest BCUT2D eigenvalue weighted by Gasteiger charge is -2.12. The van der Waals surface area contributed by atoms with E-state index >= 15 is 0 Å². The van der Waals surface area contributed by atoms with Gasteiger partial charge in [0.15, 0.2) is 0 Å². The Kier molecular flexibility index (Phi) is 6.38. The predicted octanol–water partition coefficient (Wildman–Crippen LogP) is 3.64. The van der Waals surface area contributed by atoms with Crippen molar-refractivity contribution in [1.29, 1.82) is 0 Å². The number of aromatic nitrogens is 2. The van der Waals surface area contributed by atoms with E-state index < -0.39 is 23.7 Å². The van der Waals surface area contributed by atoms with Crippen LogP contribution in [-0.4, -0.2) is 31.8 Å². The number of anilines is 1. The minimum atomic E-state index is -4.36. The standard InChI is InChI=1S/C14H10F3N3.C4H4O4/c15-14(16,17)10-3-4-11-12(5-6-18-13(11)9-10)19-20-7-1-2-8-20;5-3(6)1-2-4(7)8/h1-9H,(H,18,19);1-2H,(H,5,6)(H,7,8). The summed E-state index contributed by atoms with van der Waals surface area (Å²) in [5, 5.41) is 16.3. The zero-order valence-corrected chi connectivity index (χ0v) is 14.1. The second kappa shape index (κ2) is 8.71. The molecule has 0 saturated carbocycles. The van der Waals surface area contributed by atoms with Gasteiger partial charge in [0.1, 0.15) is 0 Å². The normalized spacial score (nSPS) is 11.1. The van der Waals surface area contributed by atoms with Crippen molar-refractivity contribution in [2.45, 2.75) is 6.18 Å². The molecule has 0 atom stereocenters. The van der Waals surface area contributed by atoms with Crippen molar-refractivity contribution in [3.63, 3.8) is 0 Å². The van der Waals surface area contributed by atoms with Crippen LogP contribution < -0.4 is 5.43 Å². The van der Waals surface area contributed by atoms with Crippen molar-refractivity contribution in [3.8, 4) is 0 Å². The summed E-state index contributed by atoms with van der Waals surface area (Å²) in [4.78, 5) is 23.1. The Bertz CT molecular complexity index is 983. The Hall–Kier alpha value is -3.82. The predicted molar refractivity (Wildman–Crippen MR) is 94.6 cm³/mol. The van der Waals surface area contributed by atoms with E-state index in [9.17, 15) is 22.8 Å². The number of nitrogens with zero attached hydrogens (tertiary/aromatic N) is 2. The summed E-state index contributed by atoms with van der Waals surface area (Å²) in [6.07, 6.45) is 1.84. The molecule has 3 aromatic rings. The van der Waals surface area contributed by atoms with Crippen LogP contribution in [0, 0.1) is 0 Å². The molecular weight excluding hydrogens is 379 g/mol. The van der Waals surface area contributed by atoms with E-state index in [1.807, 2.05) is 12.1 Å². The Morgan fingerprint density at radius 1 is 1.04 bits per heavy atom. The van der Waals surface area contributed by atoms with Gasteiger partial charge in [0.2, 0.25) is 0 Å². The van der Waals surface area contributed by atoms with Crippen LogP contribution in [0.15, 0.2) is 67.1 Å². The molecule has 0 bridgehead atoms. The summed E-state index contributed by atoms with van der Waals surface area (Å²) < 4.78 is 39.7.